The number of hydrogen-bond acceptors (Lipinski definition) is 5. The lowest BCUT2D eigenvalue weighted by molar-refractivity contribution is -0.389. The number of aromatic nitrogens is 1. The van der Waals surface area contributed by atoms with Gasteiger partial charge in [0.25, 0.3) is 5.69 Å². The average molecular weight is 183 g/mol. The maximum absolute atomic E-state index is 10.4. The summed E-state index contributed by atoms with van der Waals surface area (Å²) in [6.07, 6.45) is 0. The topological polar surface area (TPSA) is 119 Å². The van der Waals surface area contributed by atoms with Gasteiger partial charge in [-0.25, -0.2) is 4.79 Å². The molecule has 1 heterocycles. The van der Waals surface area contributed by atoms with Crippen molar-refractivity contribution >= 4 is 17.5 Å². The van der Waals surface area contributed by atoms with Gasteiger partial charge >= 0.3 is 11.8 Å². The summed E-state index contributed by atoms with van der Waals surface area (Å²) in [5.41, 5.74) is 4.79. The minimum atomic E-state index is -1.35. The molecule has 1 rings (SSSR count). The second-order valence-corrected chi connectivity index (χ2v) is 2.21. The van der Waals surface area contributed by atoms with E-state index in [2.05, 4.69) is 4.98 Å². The fourth-order valence-electron chi connectivity index (χ4n) is 0.740. The Morgan fingerprint density at radius 3 is 2.69 bits per heavy atom. The van der Waals surface area contributed by atoms with Crippen molar-refractivity contribution < 1.29 is 14.8 Å². The van der Waals surface area contributed by atoms with E-state index in [1.807, 2.05) is 0 Å². The number of hydrogen-bond donors (Lipinski definition) is 2. The number of nitrogens with two attached hydrogens (primary N) is 1. The molecular formula is C6H5N3O4. The molecule has 3 N–H and O–H groups in total. The van der Waals surface area contributed by atoms with Gasteiger partial charge in [0, 0.05) is 11.8 Å². The zero-order valence-electron chi connectivity index (χ0n) is 6.30. The molecule has 68 valence electrons. The Morgan fingerprint density at radius 2 is 2.23 bits per heavy atom. The van der Waals surface area contributed by atoms with Crippen molar-refractivity contribution in [3.8, 4) is 0 Å². The largest absolute Gasteiger partial charge is 0.475 e. The number of nitro groups is 1. The second kappa shape index (κ2) is 3.05. The van der Waals surface area contributed by atoms with Gasteiger partial charge < -0.3 is 21.0 Å². The van der Waals surface area contributed by atoms with Gasteiger partial charge in [0.1, 0.15) is 0 Å². The van der Waals surface area contributed by atoms with Crippen LogP contribution in [-0.2, 0) is 0 Å². The maximum atomic E-state index is 10.4. The van der Waals surface area contributed by atoms with Gasteiger partial charge in [-0.1, -0.05) is 0 Å². The highest BCUT2D eigenvalue weighted by atomic mass is 16.6. The molecule has 0 radical (unpaired) electrons. The predicted octanol–water partition coefficient (Wildman–Crippen LogP) is 0.270. The highest BCUT2D eigenvalue weighted by molar-refractivity contribution is 5.86. The molecule has 0 saturated heterocycles. The highest BCUT2D eigenvalue weighted by Crippen LogP contribution is 2.13. The minimum Gasteiger partial charge on any atom is -0.475 e. The summed E-state index contributed by atoms with van der Waals surface area (Å²) in [5.74, 6) is -1.92. The summed E-state index contributed by atoms with van der Waals surface area (Å²) in [5, 5.41) is 18.7. The van der Waals surface area contributed by atoms with E-state index in [1.54, 1.807) is 0 Å². The smallest absolute Gasteiger partial charge is 0.380 e. The van der Waals surface area contributed by atoms with Crippen molar-refractivity contribution in [2.45, 2.75) is 0 Å². The maximum Gasteiger partial charge on any atom is 0.380 e. The van der Waals surface area contributed by atoms with Crippen molar-refractivity contribution in [2.24, 2.45) is 0 Å². The van der Waals surface area contributed by atoms with Crippen molar-refractivity contribution in [3.05, 3.63) is 27.9 Å². The molecule has 1 aromatic heterocycles. The fraction of sp³-hybridized carbons (Fsp3) is 0. The number of carbonyl (C=O) groups is 1. The van der Waals surface area contributed by atoms with Gasteiger partial charge in [0.15, 0.2) is 0 Å². The monoisotopic (exact) mass is 183 g/mol. The van der Waals surface area contributed by atoms with Crippen LogP contribution in [0.25, 0.3) is 0 Å². The molecule has 0 spiro atoms. The molecule has 0 aliphatic heterocycles. The zero-order chi connectivity index (χ0) is 10.0. The SMILES string of the molecule is Nc1cc(C(=O)O)nc([N+](=O)[O-])c1. The van der Waals surface area contributed by atoms with Crippen LogP contribution in [0.4, 0.5) is 11.5 Å². The van der Waals surface area contributed by atoms with Crippen LogP contribution in [0, 0.1) is 10.1 Å². The predicted molar refractivity (Wildman–Crippen MR) is 42.3 cm³/mol. The number of rotatable bonds is 2. The molecule has 0 unspecified atom stereocenters. The summed E-state index contributed by atoms with van der Waals surface area (Å²) < 4.78 is 0. The lowest BCUT2D eigenvalue weighted by Crippen LogP contribution is -2.04. The van der Waals surface area contributed by atoms with E-state index in [-0.39, 0.29) is 5.69 Å². The Kier molecular flexibility index (Phi) is 2.09. The van der Waals surface area contributed by atoms with E-state index in [0.29, 0.717) is 0 Å². The average Bonchev–Trinajstić information content (AvgIpc) is 2.03. The molecule has 13 heavy (non-hydrogen) atoms. The third-order valence-electron chi connectivity index (χ3n) is 1.24. The first-order valence-corrected chi connectivity index (χ1v) is 3.16. The summed E-state index contributed by atoms with van der Waals surface area (Å²) in [4.78, 5) is 23.1. The summed E-state index contributed by atoms with van der Waals surface area (Å²) in [6.45, 7) is 0. The molecular weight excluding hydrogens is 178 g/mol. The van der Waals surface area contributed by atoms with Crippen LogP contribution < -0.4 is 5.73 Å². The van der Waals surface area contributed by atoms with Crippen molar-refractivity contribution in [1.82, 2.24) is 4.98 Å². The van der Waals surface area contributed by atoms with E-state index < -0.39 is 22.4 Å². The van der Waals surface area contributed by atoms with Gasteiger partial charge in [-0.3, -0.25) is 0 Å². The molecule has 1 aromatic rings. The van der Waals surface area contributed by atoms with Crippen molar-refractivity contribution in [1.29, 1.82) is 0 Å². The molecule has 0 fully saturated rings. The van der Waals surface area contributed by atoms with Crippen LogP contribution in [0.15, 0.2) is 12.1 Å². The molecule has 0 aliphatic carbocycles. The van der Waals surface area contributed by atoms with E-state index in [1.165, 1.54) is 0 Å². The lowest BCUT2D eigenvalue weighted by Gasteiger charge is -1.94. The molecule has 0 bridgehead atoms. The molecule has 7 nitrogen and oxygen atoms in total. The first kappa shape index (κ1) is 8.91. The van der Waals surface area contributed by atoms with E-state index in [9.17, 15) is 14.9 Å². The van der Waals surface area contributed by atoms with Crippen LogP contribution >= 0.6 is 0 Å². The van der Waals surface area contributed by atoms with Gasteiger partial charge in [0.05, 0.1) is 6.07 Å². The molecule has 0 atom stereocenters. The Balaban J connectivity index is 3.26. The normalized spacial score (nSPS) is 9.54. The van der Waals surface area contributed by atoms with Crippen LogP contribution in [0.3, 0.4) is 0 Å². The van der Waals surface area contributed by atoms with E-state index in [0.717, 1.165) is 12.1 Å². The van der Waals surface area contributed by atoms with Crippen LogP contribution in [0.2, 0.25) is 0 Å². The summed E-state index contributed by atoms with van der Waals surface area (Å²) >= 11 is 0. The second-order valence-electron chi connectivity index (χ2n) is 2.21. The van der Waals surface area contributed by atoms with Crippen molar-refractivity contribution in [2.75, 3.05) is 5.73 Å². The van der Waals surface area contributed by atoms with Crippen LogP contribution in [0.5, 0.6) is 0 Å². The lowest BCUT2D eigenvalue weighted by atomic mass is 10.3. The third kappa shape index (κ3) is 1.89. The number of aromatic carboxylic acids is 1. The molecule has 0 aliphatic rings. The van der Waals surface area contributed by atoms with Crippen molar-refractivity contribution in [3.63, 3.8) is 0 Å². The Labute approximate surface area is 72.0 Å². The standard InChI is InChI=1S/C6H5N3O4/c7-3-1-4(6(10)11)8-5(2-3)9(12)13/h1-2H,(H2,7,8)(H,10,11). The van der Waals surface area contributed by atoms with Gasteiger partial charge in [-0.05, 0) is 9.91 Å². The molecule has 0 amide bonds. The van der Waals surface area contributed by atoms with Crippen LogP contribution in [-0.4, -0.2) is 21.0 Å². The molecule has 0 saturated carbocycles. The third-order valence-corrected chi connectivity index (χ3v) is 1.24. The fourth-order valence-corrected chi connectivity index (χ4v) is 0.740. The van der Waals surface area contributed by atoms with Crippen LogP contribution in [0.1, 0.15) is 10.5 Å². The minimum absolute atomic E-state index is 0.000833. The number of nitrogen functional groups attached to an aromatic ring is 1. The Bertz CT molecular complexity index is 344. The quantitative estimate of drug-likeness (QED) is 0.501. The van der Waals surface area contributed by atoms with Gasteiger partial charge in [0.2, 0.25) is 0 Å². The first-order chi connectivity index (χ1) is 6.00. The first-order valence-electron chi connectivity index (χ1n) is 3.16. The van der Waals surface area contributed by atoms with E-state index in [4.69, 9.17) is 10.8 Å². The van der Waals surface area contributed by atoms with Gasteiger partial charge in [-0.15, -0.1) is 0 Å². The number of carboxylic acid groups (broad SMARTS) is 1. The summed E-state index contributed by atoms with van der Waals surface area (Å²) in [7, 11) is 0. The molecule has 7 heteroatoms. The Hall–Kier alpha value is -2.18. The Morgan fingerprint density at radius 1 is 1.62 bits per heavy atom. The van der Waals surface area contributed by atoms with E-state index >= 15 is 0 Å². The number of pyridine rings is 1. The highest BCUT2D eigenvalue weighted by Gasteiger charge is 2.17. The summed E-state index contributed by atoms with van der Waals surface area (Å²) in [6, 6.07) is 2.04. The van der Waals surface area contributed by atoms with Gasteiger partial charge in [-0.2, -0.15) is 0 Å². The zero-order valence-corrected chi connectivity index (χ0v) is 6.30. The molecule has 0 aromatic carbocycles. The number of anilines is 1. The number of nitrogens with zero attached hydrogens (tertiary/aromatic N) is 2. The number of carboxylic acids is 1.